The number of carbonyl (C=O) groups excluding carboxylic acids is 1. The number of hydrogen-bond acceptors (Lipinski definition) is 3. The van der Waals surface area contributed by atoms with Crippen molar-refractivity contribution >= 4 is 34.1 Å². The Bertz CT molecular complexity index is 672. The summed E-state index contributed by atoms with van der Waals surface area (Å²) in [5.41, 5.74) is 0.554. The predicted molar refractivity (Wildman–Crippen MR) is 74.3 cm³/mol. The van der Waals surface area contributed by atoms with Gasteiger partial charge < -0.3 is 10.1 Å². The Labute approximate surface area is 119 Å². The van der Waals surface area contributed by atoms with Gasteiger partial charge in [-0.05, 0) is 18.9 Å². The van der Waals surface area contributed by atoms with Crippen LogP contribution in [0.25, 0.3) is 10.9 Å². The van der Waals surface area contributed by atoms with E-state index in [2.05, 4.69) is 10.3 Å². The largest absolute Gasteiger partial charge is 0.368 e. The topological polar surface area (TPSA) is 51.2 Å². The standard InChI is InChI=1S/C14H12ClFN2O2/c15-12-8-3-1-4-9(16)13(8)17-7-10(12)18-14(19)11-5-2-6-20-11/h1,3-4,7,11H,2,5-6H2,(H,18,19)/t11-/m1/s1. The smallest absolute Gasteiger partial charge is 0.253 e. The van der Waals surface area contributed by atoms with Gasteiger partial charge in [0.15, 0.2) is 0 Å². The van der Waals surface area contributed by atoms with Gasteiger partial charge in [-0.15, -0.1) is 0 Å². The first-order valence-electron chi connectivity index (χ1n) is 6.32. The first-order chi connectivity index (χ1) is 9.66. The van der Waals surface area contributed by atoms with Crippen molar-refractivity contribution in [1.82, 2.24) is 4.98 Å². The molecule has 20 heavy (non-hydrogen) atoms. The van der Waals surface area contributed by atoms with Crippen molar-refractivity contribution in [3.8, 4) is 0 Å². The summed E-state index contributed by atoms with van der Waals surface area (Å²) in [5, 5.41) is 3.43. The average Bonchev–Trinajstić information content (AvgIpc) is 2.97. The van der Waals surface area contributed by atoms with E-state index in [-0.39, 0.29) is 16.4 Å². The molecule has 1 saturated heterocycles. The monoisotopic (exact) mass is 294 g/mol. The molecule has 1 N–H and O–H groups in total. The van der Waals surface area contributed by atoms with Crippen LogP contribution in [0.15, 0.2) is 24.4 Å². The molecular formula is C14H12ClFN2O2. The highest BCUT2D eigenvalue weighted by Gasteiger charge is 2.24. The predicted octanol–water partition coefficient (Wildman–Crippen LogP) is 3.14. The number of benzene rings is 1. The van der Waals surface area contributed by atoms with E-state index in [0.717, 1.165) is 6.42 Å². The van der Waals surface area contributed by atoms with Crippen molar-refractivity contribution in [3.63, 3.8) is 0 Å². The SMILES string of the molecule is O=C(Nc1cnc2c(F)cccc2c1Cl)[C@H]1CCCO1. The molecule has 0 radical (unpaired) electrons. The van der Waals surface area contributed by atoms with Crippen molar-refractivity contribution in [3.05, 3.63) is 35.2 Å². The number of nitrogens with zero attached hydrogens (tertiary/aromatic N) is 1. The zero-order valence-electron chi connectivity index (χ0n) is 10.5. The molecule has 104 valence electrons. The first kappa shape index (κ1) is 13.3. The zero-order valence-corrected chi connectivity index (χ0v) is 11.3. The minimum Gasteiger partial charge on any atom is -0.368 e. The summed E-state index contributed by atoms with van der Waals surface area (Å²) in [6.45, 7) is 0.590. The third-order valence-corrected chi connectivity index (χ3v) is 3.67. The highest BCUT2D eigenvalue weighted by molar-refractivity contribution is 6.38. The van der Waals surface area contributed by atoms with E-state index in [1.165, 1.54) is 12.3 Å². The quantitative estimate of drug-likeness (QED) is 0.926. The van der Waals surface area contributed by atoms with Gasteiger partial charge in [0.1, 0.15) is 17.4 Å². The van der Waals surface area contributed by atoms with Crippen LogP contribution in [0.4, 0.5) is 10.1 Å². The van der Waals surface area contributed by atoms with Crippen molar-refractivity contribution in [2.45, 2.75) is 18.9 Å². The summed E-state index contributed by atoms with van der Waals surface area (Å²) in [7, 11) is 0. The van der Waals surface area contributed by atoms with Crippen LogP contribution in [0.3, 0.4) is 0 Å². The lowest BCUT2D eigenvalue weighted by Gasteiger charge is -2.12. The van der Waals surface area contributed by atoms with E-state index in [1.807, 2.05) is 0 Å². The molecule has 2 aromatic rings. The second kappa shape index (κ2) is 5.34. The summed E-state index contributed by atoms with van der Waals surface area (Å²) < 4.78 is 18.9. The highest BCUT2D eigenvalue weighted by atomic mass is 35.5. The molecule has 1 aromatic carbocycles. The zero-order chi connectivity index (χ0) is 14.1. The highest BCUT2D eigenvalue weighted by Crippen LogP contribution is 2.30. The number of halogens is 2. The van der Waals surface area contributed by atoms with Crippen molar-refractivity contribution in [2.75, 3.05) is 11.9 Å². The number of fused-ring (bicyclic) bond motifs is 1. The van der Waals surface area contributed by atoms with Gasteiger partial charge in [0.25, 0.3) is 5.91 Å². The fourth-order valence-electron chi connectivity index (χ4n) is 2.24. The number of aromatic nitrogens is 1. The fourth-order valence-corrected chi connectivity index (χ4v) is 2.49. The van der Waals surface area contributed by atoms with Gasteiger partial charge in [-0.3, -0.25) is 9.78 Å². The molecule has 0 spiro atoms. The molecule has 1 aliphatic rings. The Morgan fingerprint density at radius 2 is 2.35 bits per heavy atom. The summed E-state index contributed by atoms with van der Waals surface area (Å²) in [6.07, 6.45) is 2.47. The van der Waals surface area contributed by atoms with Crippen LogP contribution < -0.4 is 5.32 Å². The normalized spacial score (nSPS) is 18.4. The van der Waals surface area contributed by atoms with Gasteiger partial charge in [0.2, 0.25) is 0 Å². The fraction of sp³-hybridized carbons (Fsp3) is 0.286. The third-order valence-electron chi connectivity index (χ3n) is 3.26. The lowest BCUT2D eigenvalue weighted by Crippen LogP contribution is -2.27. The molecule has 1 atom stereocenters. The van der Waals surface area contributed by atoms with E-state index < -0.39 is 11.9 Å². The van der Waals surface area contributed by atoms with Gasteiger partial charge in [-0.1, -0.05) is 23.7 Å². The van der Waals surface area contributed by atoms with Crippen LogP contribution in [0.1, 0.15) is 12.8 Å². The van der Waals surface area contributed by atoms with Crippen molar-refractivity contribution in [2.24, 2.45) is 0 Å². The number of rotatable bonds is 2. The second-order valence-corrected chi connectivity index (χ2v) is 4.99. The maximum Gasteiger partial charge on any atom is 0.253 e. The maximum absolute atomic E-state index is 13.6. The van der Waals surface area contributed by atoms with E-state index in [0.29, 0.717) is 24.1 Å². The first-order valence-corrected chi connectivity index (χ1v) is 6.70. The molecule has 3 rings (SSSR count). The lowest BCUT2D eigenvalue weighted by molar-refractivity contribution is -0.124. The van der Waals surface area contributed by atoms with Crippen LogP contribution in [0.2, 0.25) is 5.02 Å². The molecule has 1 amide bonds. The number of pyridine rings is 1. The van der Waals surface area contributed by atoms with Crippen LogP contribution in [0.5, 0.6) is 0 Å². The van der Waals surface area contributed by atoms with Gasteiger partial charge in [-0.2, -0.15) is 0 Å². The molecule has 4 nitrogen and oxygen atoms in total. The van der Waals surface area contributed by atoms with Crippen LogP contribution in [0, 0.1) is 5.82 Å². The van der Waals surface area contributed by atoms with E-state index in [4.69, 9.17) is 16.3 Å². The number of anilines is 1. The summed E-state index contributed by atoms with van der Waals surface area (Å²) in [6, 6.07) is 4.53. The van der Waals surface area contributed by atoms with Gasteiger partial charge in [-0.25, -0.2) is 4.39 Å². The Hall–Kier alpha value is -1.72. The molecule has 0 saturated carbocycles. The number of para-hydroxylation sites is 1. The average molecular weight is 295 g/mol. The summed E-state index contributed by atoms with van der Waals surface area (Å²) in [4.78, 5) is 16.0. The number of carbonyl (C=O) groups is 1. The van der Waals surface area contributed by atoms with Crippen molar-refractivity contribution in [1.29, 1.82) is 0 Å². The molecule has 1 fully saturated rings. The minimum absolute atomic E-state index is 0.188. The van der Waals surface area contributed by atoms with E-state index >= 15 is 0 Å². The van der Waals surface area contributed by atoms with E-state index in [9.17, 15) is 9.18 Å². The second-order valence-electron chi connectivity index (χ2n) is 4.61. The Morgan fingerprint density at radius 3 is 3.10 bits per heavy atom. The van der Waals surface area contributed by atoms with Gasteiger partial charge >= 0.3 is 0 Å². The van der Waals surface area contributed by atoms with Crippen molar-refractivity contribution < 1.29 is 13.9 Å². The molecule has 1 aromatic heterocycles. The Balaban J connectivity index is 1.92. The van der Waals surface area contributed by atoms with Crippen LogP contribution in [-0.2, 0) is 9.53 Å². The molecular weight excluding hydrogens is 283 g/mol. The summed E-state index contributed by atoms with van der Waals surface area (Å²) >= 11 is 6.20. The number of hydrogen-bond donors (Lipinski definition) is 1. The van der Waals surface area contributed by atoms with E-state index in [1.54, 1.807) is 12.1 Å². The number of nitrogens with one attached hydrogen (secondary N) is 1. The Morgan fingerprint density at radius 1 is 1.50 bits per heavy atom. The van der Waals surface area contributed by atoms with Gasteiger partial charge in [0, 0.05) is 12.0 Å². The maximum atomic E-state index is 13.6. The summed E-state index contributed by atoms with van der Waals surface area (Å²) in [5.74, 6) is -0.691. The van der Waals surface area contributed by atoms with Crippen LogP contribution in [-0.4, -0.2) is 23.6 Å². The molecule has 0 bridgehead atoms. The molecule has 0 aliphatic carbocycles. The third kappa shape index (κ3) is 2.34. The molecule has 6 heteroatoms. The number of amides is 1. The van der Waals surface area contributed by atoms with Gasteiger partial charge in [0.05, 0.1) is 16.9 Å². The Kier molecular flexibility index (Phi) is 3.54. The van der Waals surface area contributed by atoms with Crippen LogP contribution >= 0.6 is 11.6 Å². The number of ether oxygens (including phenoxy) is 1. The molecule has 2 heterocycles. The molecule has 1 aliphatic heterocycles. The lowest BCUT2D eigenvalue weighted by atomic mass is 10.2. The minimum atomic E-state index is -0.450. The molecule has 0 unspecified atom stereocenters.